The molecule has 0 saturated heterocycles. The summed E-state index contributed by atoms with van der Waals surface area (Å²) in [5.41, 5.74) is 22.3. The van der Waals surface area contributed by atoms with Gasteiger partial charge in [-0.15, -0.1) is 0 Å². The molecule has 11 aromatic carbocycles. The molecule has 0 radical (unpaired) electrons. The summed E-state index contributed by atoms with van der Waals surface area (Å²) in [6.07, 6.45) is 0. The van der Waals surface area contributed by atoms with E-state index < -0.39 is 0 Å². The molecule has 346 valence electrons. The fourth-order valence-corrected chi connectivity index (χ4v) is 11.2. The van der Waals surface area contributed by atoms with Crippen LogP contribution in [0.3, 0.4) is 0 Å². The van der Waals surface area contributed by atoms with Crippen LogP contribution in [0.2, 0.25) is 0 Å². The van der Waals surface area contributed by atoms with Gasteiger partial charge >= 0.3 is 0 Å². The Labute approximate surface area is 430 Å². The number of para-hydroxylation sites is 4. The molecule has 0 saturated carbocycles. The van der Waals surface area contributed by atoms with Crippen molar-refractivity contribution < 1.29 is 0 Å². The SMILES string of the molecule is c1ccc(-c2cc(-c3ccccc3)cc(-c3cc(-c4ccccc4)nc(-c4cc(-c5ccc6c(c5)c5ccccc5n6-c5ccccc5)ccc4-c4ccc5c(c4)c4ccccc4n5-c4ccccc4)c3)c2)cc1. The van der Waals surface area contributed by atoms with E-state index in [1.54, 1.807) is 0 Å². The number of benzene rings is 11. The summed E-state index contributed by atoms with van der Waals surface area (Å²) in [6, 6.07) is 103. The van der Waals surface area contributed by atoms with Crippen LogP contribution in [-0.2, 0) is 0 Å². The van der Waals surface area contributed by atoms with Gasteiger partial charge in [-0.3, -0.25) is 0 Å². The first-order valence-corrected chi connectivity index (χ1v) is 25.3. The zero-order valence-corrected chi connectivity index (χ0v) is 40.5. The summed E-state index contributed by atoms with van der Waals surface area (Å²) < 4.78 is 4.76. The van der Waals surface area contributed by atoms with E-state index in [9.17, 15) is 0 Å². The maximum absolute atomic E-state index is 5.66. The molecule has 0 aliphatic carbocycles. The van der Waals surface area contributed by atoms with Crippen LogP contribution in [0.25, 0.3) is 133 Å². The quantitative estimate of drug-likeness (QED) is 0.141. The summed E-state index contributed by atoms with van der Waals surface area (Å²) in [5.74, 6) is 0. The molecule has 0 aliphatic rings. The lowest BCUT2D eigenvalue weighted by atomic mass is 9.89. The van der Waals surface area contributed by atoms with Crippen LogP contribution in [0, 0.1) is 0 Å². The standard InChI is InChI=1S/C71H47N3/c1-6-20-48(21-7-1)54-40-55(49-22-8-2-9-23-49)42-56(41-54)57-46-66(50-24-10-3-11-25-50)72-67(47-57)63-43-51(52-35-38-70-64(44-52)61-30-16-18-32-68(61)73(70)58-26-12-4-13-27-58)34-37-60(63)53-36-39-71-65(45-53)62-31-17-19-33-69(62)74(71)59-28-14-5-15-29-59/h1-47H. The molecule has 0 unspecified atom stereocenters. The zero-order valence-electron chi connectivity index (χ0n) is 40.5. The smallest absolute Gasteiger partial charge is 0.0722 e. The van der Waals surface area contributed by atoms with Gasteiger partial charge in [0.15, 0.2) is 0 Å². The largest absolute Gasteiger partial charge is 0.309 e. The van der Waals surface area contributed by atoms with E-state index in [1.807, 2.05) is 0 Å². The number of aromatic nitrogens is 3. The zero-order chi connectivity index (χ0) is 49.0. The van der Waals surface area contributed by atoms with Crippen LogP contribution < -0.4 is 0 Å². The van der Waals surface area contributed by atoms with E-state index >= 15 is 0 Å². The summed E-state index contributed by atoms with van der Waals surface area (Å²) in [5, 5.41) is 4.86. The number of hydrogen-bond acceptors (Lipinski definition) is 1. The molecule has 3 aromatic heterocycles. The molecule has 0 spiro atoms. The van der Waals surface area contributed by atoms with Crippen molar-refractivity contribution in [1.82, 2.24) is 14.1 Å². The van der Waals surface area contributed by atoms with Gasteiger partial charge in [0, 0.05) is 44.0 Å². The van der Waals surface area contributed by atoms with Gasteiger partial charge in [-0.25, -0.2) is 4.98 Å². The number of fused-ring (bicyclic) bond motifs is 6. The molecule has 0 N–H and O–H groups in total. The lowest BCUT2D eigenvalue weighted by Crippen LogP contribution is -1.95. The number of rotatable bonds is 9. The second kappa shape index (κ2) is 18.1. The van der Waals surface area contributed by atoms with Crippen LogP contribution in [0.4, 0.5) is 0 Å². The molecule has 0 aliphatic heterocycles. The van der Waals surface area contributed by atoms with E-state index in [0.717, 1.165) is 78.4 Å². The molecular formula is C71H47N3. The first kappa shape index (κ1) is 43.0. The Morgan fingerprint density at radius 1 is 0.203 bits per heavy atom. The van der Waals surface area contributed by atoms with Crippen LogP contribution in [0.1, 0.15) is 0 Å². The lowest BCUT2D eigenvalue weighted by Gasteiger charge is -2.17. The van der Waals surface area contributed by atoms with E-state index in [2.05, 4.69) is 294 Å². The second-order valence-electron chi connectivity index (χ2n) is 19.1. The number of hydrogen-bond donors (Lipinski definition) is 0. The highest BCUT2D eigenvalue weighted by molar-refractivity contribution is 6.12. The molecule has 3 nitrogen and oxygen atoms in total. The van der Waals surface area contributed by atoms with Crippen molar-refractivity contribution in [2.45, 2.75) is 0 Å². The minimum absolute atomic E-state index is 0.901. The number of nitrogens with zero attached hydrogens (tertiary/aromatic N) is 3. The average Bonchev–Trinajstić information content (AvgIpc) is 4.02. The Morgan fingerprint density at radius 3 is 1.12 bits per heavy atom. The van der Waals surface area contributed by atoms with Gasteiger partial charge in [0.25, 0.3) is 0 Å². The van der Waals surface area contributed by atoms with Crippen molar-refractivity contribution in [3.8, 4) is 89.5 Å². The Morgan fingerprint density at radius 2 is 0.581 bits per heavy atom. The summed E-state index contributed by atoms with van der Waals surface area (Å²) in [6.45, 7) is 0. The average molecular weight is 942 g/mol. The van der Waals surface area contributed by atoms with Crippen LogP contribution in [0.5, 0.6) is 0 Å². The summed E-state index contributed by atoms with van der Waals surface area (Å²) in [7, 11) is 0. The van der Waals surface area contributed by atoms with Gasteiger partial charge in [-0.1, -0.05) is 188 Å². The van der Waals surface area contributed by atoms with Crippen LogP contribution >= 0.6 is 0 Å². The fraction of sp³-hybridized carbons (Fsp3) is 0. The molecule has 3 heterocycles. The Bertz CT molecular complexity index is 4320. The van der Waals surface area contributed by atoms with E-state index in [-0.39, 0.29) is 0 Å². The molecule has 0 amide bonds. The summed E-state index contributed by atoms with van der Waals surface area (Å²) in [4.78, 5) is 5.66. The monoisotopic (exact) mass is 941 g/mol. The van der Waals surface area contributed by atoms with Gasteiger partial charge in [-0.05, 0) is 153 Å². The highest BCUT2D eigenvalue weighted by Gasteiger charge is 2.20. The van der Waals surface area contributed by atoms with Crippen molar-refractivity contribution in [2.75, 3.05) is 0 Å². The first-order valence-electron chi connectivity index (χ1n) is 25.3. The third-order valence-electron chi connectivity index (χ3n) is 14.7. The Balaban J connectivity index is 1.02. The fourth-order valence-electron chi connectivity index (χ4n) is 11.2. The summed E-state index contributed by atoms with van der Waals surface area (Å²) >= 11 is 0. The molecule has 0 bridgehead atoms. The van der Waals surface area contributed by atoms with Crippen LogP contribution in [-0.4, -0.2) is 14.1 Å². The highest BCUT2D eigenvalue weighted by Crippen LogP contribution is 2.43. The van der Waals surface area contributed by atoms with Gasteiger partial charge in [0.05, 0.1) is 33.5 Å². The van der Waals surface area contributed by atoms with Crippen molar-refractivity contribution in [2.24, 2.45) is 0 Å². The Hall–Kier alpha value is -9.83. The normalized spacial score (nSPS) is 11.5. The highest BCUT2D eigenvalue weighted by atomic mass is 15.0. The van der Waals surface area contributed by atoms with Gasteiger partial charge in [0.2, 0.25) is 0 Å². The molecule has 0 fully saturated rings. The minimum atomic E-state index is 0.901. The van der Waals surface area contributed by atoms with E-state index in [1.165, 1.54) is 54.7 Å². The van der Waals surface area contributed by atoms with E-state index in [4.69, 9.17) is 4.98 Å². The van der Waals surface area contributed by atoms with Crippen molar-refractivity contribution in [1.29, 1.82) is 0 Å². The molecule has 3 heteroatoms. The van der Waals surface area contributed by atoms with Crippen molar-refractivity contribution in [3.63, 3.8) is 0 Å². The molecule has 74 heavy (non-hydrogen) atoms. The van der Waals surface area contributed by atoms with Gasteiger partial charge in [0.1, 0.15) is 0 Å². The maximum atomic E-state index is 5.66. The second-order valence-corrected chi connectivity index (χ2v) is 19.1. The minimum Gasteiger partial charge on any atom is -0.309 e. The van der Waals surface area contributed by atoms with Crippen molar-refractivity contribution in [3.05, 3.63) is 285 Å². The lowest BCUT2D eigenvalue weighted by molar-refractivity contribution is 1.18. The third-order valence-corrected chi connectivity index (χ3v) is 14.7. The van der Waals surface area contributed by atoms with E-state index in [0.29, 0.717) is 0 Å². The Kier molecular flexibility index (Phi) is 10.5. The topological polar surface area (TPSA) is 22.8 Å². The van der Waals surface area contributed by atoms with Crippen molar-refractivity contribution >= 4 is 43.6 Å². The molecule has 0 atom stereocenters. The molecule has 14 aromatic rings. The maximum Gasteiger partial charge on any atom is 0.0722 e. The predicted octanol–water partition coefficient (Wildman–Crippen LogP) is 18.9. The van der Waals surface area contributed by atoms with Crippen LogP contribution in [0.15, 0.2) is 285 Å². The predicted molar refractivity (Wildman–Crippen MR) is 311 cm³/mol. The van der Waals surface area contributed by atoms with Gasteiger partial charge < -0.3 is 9.13 Å². The first-order chi connectivity index (χ1) is 36.7. The van der Waals surface area contributed by atoms with Gasteiger partial charge in [-0.2, -0.15) is 0 Å². The molecule has 14 rings (SSSR count). The third kappa shape index (κ3) is 7.58. The molecular weight excluding hydrogens is 895 g/mol. The number of pyridine rings is 1.